The number of hydrogen-bond acceptors (Lipinski definition) is 4. The smallest absolute Gasteiger partial charge is 0.375 e. The van der Waals surface area contributed by atoms with Crippen LogP contribution in [-0.2, 0) is 23.9 Å². The minimum absolute atomic E-state index is 0.0448. The van der Waals surface area contributed by atoms with Crippen LogP contribution in [0.25, 0.3) is 0 Å². The Labute approximate surface area is 149 Å². The number of fused-ring (bicyclic) bond motifs is 2. The highest BCUT2D eigenvalue weighted by Crippen LogP contribution is 2.40. The molecule has 7 heteroatoms. The summed E-state index contributed by atoms with van der Waals surface area (Å²) in [7, 11) is 1.65. The fraction of sp³-hybridized carbons (Fsp3) is 0.316. The monoisotopic (exact) mass is 361 g/mol. The summed E-state index contributed by atoms with van der Waals surface area (Å²) < 4.78 is 44.5. The zero-order chi connectivity index (χ0) is 18.5. The lowest BCUT2D eigenvalue weighted by atomic mass is 10.0. The second-order valence-corrected chi connectivity index (χ2v) is 6.57. The third kappa shape index (κ3) is 2.72. The highest BCUT2D eigenvalue weighted by Gasteiger charge is 2.39. The Morgan fingerprint density at radius 2 is 1.92 bits per heavy atom. The van der Waals surface area contributed by atoms with E-state index in [1.54, 1.807) is 7.11 Å². The number of hydrogen-bond donors (Lipinski definition) is 1. The van der Waals surface area contributed by atoms with Crippen LogP contribution in [0, 0.1) is 0 Å². The minimum Gasteiger partial charge on any atom is -0.375 e. The molecule has 2 aromatic carbocycles. The Hall–Kier alpha value is -2.54. The summed E-state index contributed by atoms with van der Waals surface area (Å²) in [5.74, 6) is 0.219. The summed E-state index contributed by atoms with van der Waals surface area (Å²) in [6.07, 6.45) is -3.80. The molecule has 4 rings (SSSR count). The van der Waals surface area contributed by atoms with Crippen LogP contribution in [0.4, 0.5) is 18.9 Å². The summed E-state index contributed by atoms with van der Waals surface area (Å²) in [6, 6.07) is 11.6. The Morgan fingerprint density at radius 1 is 1.15 bits per heavy atom. The van der Waals surface area contributed by atoms with Crippen LogP contribution in [0.15, 0.2) is 47.5 Å². The lowest BCUT2D eigenvalue weighted by Gasteiger charge is -2.36. The zero-order valence-electron chi connectivity index (χ0n) is 14.1. The molecule has 0 spiro atoms. The first-order chi connectivity index (χ1) is 12.4. The number of rotatable bonds is 2. The van der Waals surface area contributed by atoms with E-state index in [1.807, 2.05) is 23.1 Å². The number of nitrogens with two attached hydrogens (primary N) is 1. The Bertz CT molecular complexity index is 879. The van der Waals surface area contributed by atoms with Crippen LogP contribution >= 0.6 is 0 Å². The number of ether oxygens (including phenoxy) is 1. The zero-order valence-corrected chi connectivity index (χ0v) is 14.1. The molecule has 26 heavy (non-hydrogen) atoms. The summed E-state index contributed by atoms with van der Waals surface area (Å²) >= 11 is 0. The molecule has 1 aliphatic carbocycles. The van der Waals surface area contributed by atoms with E-state index in [9.17, 15) is 13.2 Å². The van der Waals surface area contributed by atoms with Crippen LogP contribution in [-0.4, -0.2) is 24.0 Å². The number of methoxy groups -OCH3 is 1. The molecule has 1 heterocycles. The van der Waals surface area contributed by atoms with Gasteiger partial charge in [-0.2, -0.15) is 13.2 Å². The van der Waals surface area contributed by atoms with Crippen molar-refractivity contribution in [3.8, 4) is 0 Å². The van der Waals surface area contributed by atoms with Crippen molar-refractivity contribution in [1.29, 1.82) is 0 Å². The van der Waals surface area contributed by atoms with Crippen LogP contribution in [0.1, 0.15) is 28.4 Å². The summed E-state index contributed by atoms with van der Waals surface area (Å²) in [5, 5.41) is 0. The van der Waals surface area contributed by atoms with E-state index in [4.69, 9.17) is 10.5 Å². The van der Waals surface area contributed by atoms with Gasteiger partial charge in [0.1, 0.15) is 6.10 Å². The van der Waals surface area contributed by atoms with Crippen LogP contribution < -0.4 is 5.73 Å². The largest absolute Gasteiger partial charge is 0.416 e. The fourth-order valence-electron chi connectivity index (χ4n) is 3.81. The van der Waals surface area contributed by atoms with Crippen LogP contribution in [0.5, 0.6) is 0 Å². The molecule has 0 fully saturated rings. The normalized spacial score (nSPS) is 22.0. The van der Waals surface area contributed by atoms with Crippen molar-refractivity contribution in [3.63, 3.8) is 0 Å². The van der Waals surface area contributed by atoms with Gasteiger partial charge in [0.05, 0.1) is 17.3 Å². The maximum absolute atomic E-state index is 12.9. The molecule has 0 aromatic heterocycles. The molecule has 0 bridgehead atoms. The molecule has 0 unspecified atom stereocenters. The van der Waals surface area contributed by atoms with Crippen molar-refractivity contribution in [2.45, 2.75) is 31.3 Å². The second kappa shape index (κ2) is 6.02. The number of aliphatic imine (C=N–C) groups is 1. The van der Waals surface area contributed by atoms with Gasteiger partial charge < -0.3 is 15.4 Å². The summed E-state index contributed by atoms with van der Waals surface area (Å²) in [4.78, 5) is 6.16. The van der Waals surface area contributed by atoms with Gasteiger partial charge in [-0.3, -0.25) is 0 Å². The average molecular weight is 361 g/mol. The van der Waals surface area contributed by atoms with Gasteiger partial charge in [0.15, 0.2) is 5.96 Å². The number of benzene rings is 2. The predicted molar refractivity (Wildman–Crippen MR) is 92.0 cm³/mol. The van der Waals surface area contributed by atoms with E-state index in [0.29, 0.717) is 6.54 Å². The lowest BCUT2D eigenvalue weighted by Crippen LogP contribution is -2.47. The third-order valence-electron chi connectivity index (χ3n) is 5.08. The van der Waals surface area contributed by atoms with Gasteiger partial charge in [0.25, 0.3) is 0 Å². The van der Waals surface area contributed by atoms with E-state index >= 15 is 0 Å². The van der Waals surface area contributed by atoms with Crippen molar-refractivity contribution in [3.05, 3.63) is 64.7 Å². The number of alkyl halides is 3. The molecular weight excluding hydrogens is 343 g/mol. The Morgan fingerprint density at radius 3 is 2.65 bits per heavy atom. The van der Waals surface area contributed by atoms with Crippen molar-refractivity contribution in [2.24, 2.45) is 10.7 Å². The molecule has 2 aromatic rings. The predicted octanol–water partition coefficient (Wildman–Crippen LogP) is 3.78. The topological polar surface area (TPSA) is 50.8 Å². The number of guanidine groups is 1. The molecule has 0 saturated heterocycles. The lowest BCUT2D eigenvalue weighted by molar-refractivity contribution is -0.137. The molecule has 1 aliphatic heterocycles. The number of halogens is 3. The quantitative estimate of drug-likeness (QED) is 0.886. The van der Waals surface area contributed by atoms with Gasteiger partial charge in [-0.15, -0.1) is 0 Å². The SMILES string of the molecule is CO[C@H]1c2ccccc2C[C@@H]1N1Cc2ccc(C(F)(F)F)cc2N=C1N. The van der Waals surface area contributed by atoms with E-state index in [0.717, 1.165) is 29.7 Å². The van der Waals surface area contributed by atoms with Crippen molar-refractivity contribution >= 4 is 11.6 Å². The standard InChI is InChI=1S/C19H18F3N3O/c1-26-17-14-5-3-2-4-11(14)8-16(17)25-10-12-6-7-13(19(20,21)22)9-15(12)24-18(25)23/h2-7,9,16-17H,8,10H2,1H3,(H2,23,24)/t16-,17-/m0/s1. The Kier molecular flexibility index (Phi) is 3.91. The second-order valence-electron chi connectivity index (χ2n) is 6.57. The van der Waals surface area contributed by atoms with Crippen molar-refractivity contribution < 1.29 is 17.9 Å². The van der Waals surface area contributed by atoms with Gasteiger partial charge in [0.2, 0.25) is 0 Å². The van der Waals surface area contributed by atoms with E-state index in [1.165, 1.54) is 11.6 Å². The summed E-state index contributed by atoms with van der Waals surface area (Å²) in [5.41, 5.74) is 8.71. The Balaban J connectivity index is 1.66. The molecular formula is C19H18F3N3O. The molecule has 2 N–H and O–H groups in total. The van der Waals surface area contributed by atoms with Crippen molar-refractivity contribution in [1.82, 2.24) is 4.90 Å². The van der Waals surface area contributed by atoms with Gasteiger partial charge in [0, 0.05) is 13.7 Å². The maximum Gasteiger partial charge on any atom is 0.416 e. The van der Waals surface area contributed by atoms with E-state index in [-0.39, 0.29) is 23.8 Å². The molecule has 0 radical (unpaired) electrons. The fourth-order valence-corrected chi connectivity index (χ4v) is 3.81. The first-order valence-electron chi connectivity index (χ1n) is 8.30. The van der Waals surface area contributed by atoms with Gasteiger partial charge in [-0.05, 0) is 35.2 Å². The molecule has 2 aliphatic rings. The van der Waals surface area contributed by atoms with Crippen LogP contribution in [0.2, 0.25) is 0 Å². The molecule has 0 amide bonds. The molecule has 4 nitrogen and oxygen atoms in total. The van der Waals surface area contributed by atoms with E-state index in [2.05, 4.69) is 11.1 Å². The van der Waals surface area contributed by atoms with Gasteiger partial charge in [-0.25, -0.2) is 4.99 Å². The first kappa shape index (κ1) is 16.9. The van der Waals surface area contributed by atoms with Crippen molar-refractivity contribution in [2.75, 3.05) is 7.11 Å². The summed E-state index contributed by atoms with van der Waals surface area (Å²) in [6.45, 7) is 0.404. The maximum atomic E-state index is 12.9. The van der Waals surface area contributed by atoms with Gasteiger partial charge >= 0.3 is 6.18 Å². The highest BCUT2D eigenvalue weighted by atomic mass is 19.4. The molecule has 136 valence electrons. The van der Waals surface area contributed by atoms with Crippen LogP contribution in [0.3, 0.4) is 0 Å². The first-order valence-corrected chi connectivity index (χ1v) is 8.30. The highest BCUT2D eigenvalue weighted by molar-refractivity contribution is 5.84. The van der Waals surface area contributed by atoms with Gasteiger partial charge in [-0.1, -0.05) is 30.3 Å². The molecule has 2 atom stereocenters. The van der Waals surface area contributed by atoms with E-state index < -0.39 is 11.7 Å². The molecule has 0 saturated carbocycles. The third-order valence-corrected chi connectivity index (χ3v) is 5.08. The number of nitrogens with zero attached hydrogens (tertiary/aromatic N) is 2. The minimum atomic E-state index is -4.40. The average Bonchev–Trinajstić information content (AvgIpc) is 2.98.